The lowest BCUT2D eigenvalue weighted by Gasteiger charge is -2.30. The number of aliphatic hydroxyl groups is 4. The van der Waals surface area contributed by atoms with Gasteiger partial charge in [0.2, 0.25) is 0 Å². The van der Waals surface area contributed by atoms with Crippen molar-refractivity contribution >= 4 is 34.0 Å². The van der Waals surface area contributed by atoms with Gasteiger partial charge in [-0.1, -0.05) is 17.7 Å². The number of ether oxygens (including phenoxy) is 3. The maximum absolute atomic E-state index is 10.5. The second-order valence-corrected chi connectivity index (χ2v) is 7.96. The van der Waals surface area contributed by atoms with Crippen LogP contribution in [0, 0.1) is 6.92 Å². The molecule has 3 rings (SSSR count). The van der Waals surface area contributed by atoms with Gasteiger partial charge in [0.1, 0.15) is 30.5 Å². The molecule has 184 valence electrons. The molecule has 0 radical (unpaired) electrons. The monoisotopic (exact) mass is 493 g/mol. The highest BCUT2D eigenvalue weighted by molar-refractivity contribution is 6.31. The van der Waals surface area contributed by atoms with Gasteiger partial charge in [-0.05, 0) is 30.7 Å². The zero-order valence-corrected chi connectivity index (χ0v) is 19.7. The zero-order chi connectivity index (χ0) is 24.8. The lowest BCUT2D eigenvalue weighted by molar-refractivity contribution is -0.127. The molecule has 0 saturated heterocycles. The predicted octanol–water partition coefficient (Wildman–Crippen LogP) is 1.81. The number of fused-ring (bicyclic) bond motifs is 1. The van der Waals surface area contributed by atoms with Crippen LogP contribution in [0.25, 0.3) is 10.9 Å². The summed E-state index contributed by atoms with van der Waals surface area (Å²) in [5.41, 5.74) is 2.14. The van der Waals surface area contributed by atoms with Crippen LogP contribution >= 0.6 is 11.6 Å². The molecule has 2 aromatic carbocycles. The standard InChI is InChI=1S/C23H28ClN3O7/c1-12-14(24)5-4-6-15(12)27-23-13-7-17(32-2)18(8-16(13)25-11-26-23)34-20(10-29)22(31)21(30)19(9-28)33-3/h4-8,11,19-22,28-31H,9-10H2,1-3H3,(H,25,26,27)/t19-,20-,21+,22+/m0/s1. The molecular weight excluding hydrogens is 466 g/mol. The lowest BCUT2D eigenvalue weighted by atomic mass is 10.0. The lowest BCUT2D eigenvalue weighted by Crippen LogP contribution is -2.49. The van der Waals surface area contributed by atoms with Gasteiger partial charge in [-0.25, -0.2) is 9.97 Å². The van der Waals surface area contributed by atoms with Crippen molar-refractivity contribution in [2.75, 3.05) is 32.8 Å². The number of rotatable bonds is 11. The average Bonchev–Trinajstić information content (AvgIpc) is 2.85. The second-order valence-electron chi connectivity index (χ2n) is 7.56. The Hall–Kier alpha value is -2.73. The smallest absolute Gasteiger partial charge is 0.164 e. The largest absolute Gasteiger partial charge is 0.493 e. The summed E-state index contributed by atoms with van der Waals surface area (Å²) in [6.45, 7) is 0.747. The Balaban J connectivity index is 1.94. The molecule has 0 amide bonds. The summed E-state index contributed by atoms with van der Waals surface area (Å²) in [7, 11) is 2.73. The van der Waals surface area contributed by atoms with Crippen molar-refractivity contribution in [3.63, 3.8) is 0 Å². The van der Waals surface area contributed by atoms with E-state index in [2.05, 4.69) is 15.3 Å². The van der Waals surface area contributed by atoms with Crippen molar-refractivity contribution < 1.29 is 34.6 Å². The number of anilines is 2. The normalized spacial score (nSPS) is 14.9. The fraction of sp³-hybridized carbons (Fsp3) is 0.391. The van der Waals surface area contributed by atoms with Crippen LogP contribution in [0.3, 0.4) is 0 Å². The van der Waals surface area contributed by atoms with Gasteiger partial charge in [-0.3, -0.25) is 0 Å². The van der Waals surface area contributed by atoms with Crippen LogP contribution in [0.1, 0.15) is 5.56 Å². The number of methoxy groups -OCH3 is 2. The van der Waals surface area contributed by atoms with Crippen LogP contribution in [-0.4, -0.2) is 82.2 Å². The van der Waals surface area contributed by atoms with E-state index in [4.69, 9.17) is 25.8 Å². The van der Waals surface area contributed by atoms with E-state index in [9.17, 15) is 20.4 Å². The Morgan fingerprint density at radius 1 is 1.00 bits per heavy atom. The minimum Gasteiger partial charge on any atom is -0.493 e. The number of aliphatic hydroxyl groups excluding tert-OH is 4. The Morgan fingerprint density at radius 3 is 2.35 bits per heavy atom. The molecule has 1 heterocycles. The van der Waals surface area contributed by atoms with E-state index in [0.29, 0.717) is 27.5 Å². The van der Waals surface area contributed by atoms with Crippen molar-refractivity contribution in [2.45, 2.75) is 31.3 Å². The SMILES string of the molecule is COc1cc2c(Nc3cccc(Cl)c3C)ncnc2cc1O[C@@H](CO)[C@@H](O)[C@H](O)[C@H](CO)OC. The van der Waals surface area contributed by atoms with E-state index in [1.807, 2.05) is 19.1 Å². The topological polar surface area (TPSA) is 146 Å². The molecule has 11 heteroatoms. The molecule has 10 nitrogen and oxygen atoms in total. The summed E-state index contributed by atoms with van der Waals surface area (Å²) in [5, 5.41) is 44.4. The minimum absolute atomic E-state index is 0.182. The summed E-state index contributed by atoms with van der Waals surface area (Å²) in [6.07, 6.45) is -3.97. The van der Waals surface area contributed by atoms with Crippen molar-refractivity contribution in [2.24, 2.45) is 0 Å². The van der Waals surface area contributed by atoms with Gasteiger partial charge in [0, 0.05) is 29.3 Å². The van der Waals surface area contributed by atoms with Gasteiger partial charge in [-0.15, -0.1) is 0 Å². The zero-order valence-electron chi connectivity index (χ0n) is 19.0. The fourth-order valence-corrected chi connectivity index (χ4v) is 3.60. The third-order valence-electron chi connectivity index (χ3n) is 5.49. The molecule has 1 aromatic heterocycles. The first-order valence-electron chi connectivity index (χ1n) is 10.5. The number of nitrogens with zero attached hydrogens (tertiary/aromatic N) is 2. The van der Waals surface area contributed by atoms with Crippen LogP contribution in [0.4, 0.5) is 11.5 Å². The third-order valence-corrected chi connectivity index (χ3v) is 5.90. The first-order valence-corrected chi connectivity index (χ1v) is 10.8. The van der Waals surface area contributed by atoms with E-state index in [1.165, 1.54) is 20.5 Å². The summed E-state index contributed by atoms with van der Waals surface area (Å²) < 4.78 is 16.2. The quantitative estimate of drug-likeness (QED) is 0.268. The van der Waals surface area contributed by atoms with Crippen LogP contribution in [0.2, 0.25) is 5.02 Å². The number of nitrogens with one attached hydrogen (secondary N) is 1. The molecule has 3 aromatic rings. The van der Waals surface area contributed by atoms with Gasteiger partial charge >= 0.3 is 0 Å². The first kappa shape index (κ1) is 25.9. The van der Waals surface area contributed by atoms with Gasteiger partial charge in [-0.2, -0.15) is 0 Å². The third kappa shape index (κ3) is 5.49. The minimum atomic E-state index is -1.56. The summed E-state index contributed by atoms with van der Waals surface area (Å²) in [6, 6.07) is 8.74. The van der Waals surface area contributed by atoms with Gasteiger partial charge < -0.3 is 40.0 Å². The summed E-state index contributed by atoms with van der Waals surface area (Å²) in [4.78, 5) is 8.62. The molecule has 0 unspecified atom stereocenters. The van der Waals surface area contributed by atoms with Crippen LogP contribution in [0.5, 0.6) is 11.5 Å². The molecule has 0 spiro atoms. The molecule has 0 bridgehead atoms. The van der Waals surface area contributed by atoms with E-state index < -0.39 is 37.6 Å². The van der Waals surface area contributed by atoms with E-state index >= 15 is 0 Å². The number of hydrogen-bond acceptors (Lipinski definition) is 10. The molecular formula is C23H28ClN3O7. The van der Waals surface area contributed by atoms with E-state index in [-0.39, 0.29) is 5.75 Å². The molecule has 0 aliphatic rings. The molecule has 0 fully saturated rings. The number of aromatic nitrogens is 2. The number of halogens is 1. The highest BCUT2D eigenvalue weighted by Gasteiger charge is 2.34. The van der Waals surface area contributed by atoms with Crippen LogP contribution in [-0.2, 0) is 4.74 Å². The van der Waals surface area contributed by atoms with Crippen molar-refractivity contribution in [3.8, 4) is 11.5 Å². The van der Waals surface area contributed by atoms with Gasteiger partial charge in [0.15, 0.2) is 17.6 Å². The Bertz CT molecular complexity index is 1110. The van der Waals surface area contributed by atoms with Gasteiger partial charge in [0.05, 0.1) is 25.8 Å². The predicted molar refractivity (Wildman–Crippen MR) is 127 cm³/mol. The van der Waals surface area contributed by atoms with E-state index in [0.717, 1.165) is 11.3 Å². The van der Waals surface area contributed by atoms with Crippen LogP contribution < -0.4 is 14.8 Å². The maximum atomic E-state index is 10.5. The Kier molecular flexibility index (Phi) is 8.84. The van der Waals surface area contributed by atoms with Gasteiger partial charge in [0.25, 0.3) is 0 Å². The molecule has 34 heavy (non-hydrogen) atoms. The second kappa shape index (κ2) is 11.6. The first-order chi connectivity index (χ1) is 16.3. The number of hydrogen-bond donors (Lipinski definition) is 5. The van der Waals surface area contributed by atoms with E-state index in [1.54, 1.807) is 18.2 Å². The van der Waals surface area contributed by atoms with Crippen molar-refractivity contribution in [1.29, 1.82) is 0 Å². The van der Waals surface area contributed by atoms with Crippen molar-refractivity contribution in [1.82, 2.24) is 9.97 Å². The highest BCUT2D eigenvalue weighted by atomic mass is 35.5. The molecule has 0 aliphatic heterocycles. The van der Waals surface area contributed by atoms with Crippen molar-refractivity contribution in [3.05, 3.63) is 47.2 Å². The van der Waals surface area contributed by atoms with Crippen LogP contribution in [0.15, 0.2) is 36.7 Å². The summed E-state index contributed by atoms with van der Waals surface area (Å²) >= 11 is 6.22. The Morgan fingerprint density at radius 2 is 1.71 bits per heavy atom. The number of benzene rings is 2. The average molecular weight is 494 g/mol. The molecule has 0 aliphatic carbocycles. The Labute approximate surface area is 201 Å². The maximum Gasteiger partial charge on any atom is 0.164 e. The molecule has 4 atom stereocenters. The molecule has 5 N–H and O–H groups in total. The molecule has 0 saturated carbocycles. The summed E-state index contributed by atoms with van der Waals surface area (Å²) in [5.74, 6) is 0.987. The fourth-order valence-electron chi connectivity index (χ4n) is 3.43. The highest BCUT2D eigenvalue weighted by Crippen LogP contribution is 2.36.